The van der Waals surface area contributed by atoms with Crippen molar-refractivity contribution in [3.8, 4) is 5.75 Å². The van der Waals surface area contributed by atoms with Crippen LogP contribution in [-0.4, -0.2) is 146 Å². The van der Waals surface area contributed by atoms with E-state index in [9.17, 15) is 68.7 Å². The van der Waals surface area contributed by atoms with Gasteiger partial charge in [0.1, 0.15) is 47.7 Å². The van der Waals surface area contributed by atoms with Crippen LogP contribution >= 0.6 is 0 Å². The van der Waals surface area contributed by atoms with Crippen molar-refractivity contribution in [3.05, 3.63) is 107 Å². The lowest BCUT2D eigenvalue weighted by Crippen LogP contribution is -2.62. The predicted molar refractivity (Wildman–Crippen MR) is 280 cm³/mol. The van der Waals surface area contributed by atoms with E-state index in [0.717, 1.165) is 48.6 Å². The van der Waals surface area contributed by atoms with Crippen molar-refractivity contribution in [3.63, 3.8) is 0 Å². The number of rotatable bonds is 31. The number of aryl methyl sites for hydroxylation is 2. The number of benzene rings is 3. The van der Waals surface area contributed by atoms with Crippen molar-refractivity contribution in [2.75, 3.05) is 13.7 Å². The number of hydrogen-bond donors (Lipinski definition) is 12. The van der Waals surface area contributed by atoms with Crippen molar-refractivity contribution in [2.45, 2.75) is 141 Å². The van der Waals surface area contributed by atoms with Crippen LogP contribution in [-0.2, 0) is 62.4 Å². The summed E-state index contributed by atoms with van der Waals surface area (Å²) in [5, 5.41) is 64.7. The average molecular weight is 1060 g/mol. The van der Waals surface area contributed by atoms with Gasteiger partial charge in [-0.1, -0.05) is 100 Å². The van der Waals surface area contributed by atoms with E-state index >= 15 is 0 Å². The fraction of sp³-hybridized carbons (Fsp3) is 0.463. The highest BCUT2D eigenvalue weighted by Gasteiger charge is 2.37. The van der Waals surface area contributed by atoms with E-state index in [1.54, 1.807) is 44.2 Å². The minimum Gasteiger partial charge on any atom is -0.508 e. The molecule has 414 valence electrons. The number of likely N-dealkylation sites (N-methyl/N-ethyl adjacent to an activating group) is 1. The highest BCUT2D eigenvalue weighted by molar-refractivity contribution is 6.04. The Balaban J connectivity index is 1.95. The zero-order chi connectivity index (χ0) is 56.6. The van der Waals surface area contributed by atoms with E-state index in [1.165, 1.54) is 44.3 Å². The van der Waals surface area contributed by atoms with Gasteiger partial charge in [-0.2, -0.15) is 0 Å². The van der Waals surface area contributed by atoms with Gasteiger partial charge < -0.3 is 68.1 Å². The monoisotopic (exact) mass is 1060 g/mol. The Morgan fingerprint density at radius 1 is 0.645 bits per heavy atom. The van der Waals surface area contributed by atoms with Crippen molar-refractivity contribution in [2.24, 2.45) is 11.7 Å². The first-order valence-corrected chi connectivity index (χ1v) is 25.1. The molecule has 76 heavy (non-hydrogen) atoms. The Labute approximate surface area is 442 Å². The molecule has 3 rings (SSSR count). The number of phenols is 1. The van der Waals surface area contributed by atoms with E-state index < -0.39 is 115 Å². The molecule has 0 aliphatic heterocycles. The molecule has 0 radical (unpaired) electrons. The summed E-state index contributed by atoms with van der Waals surface area (Å²) in [5.41, 5.74) is 7.88. The first-order chi connectivity index (χ1) is 35.9. The first kappa shape index (κ1) is 62.6. The Morgan fingerprint density at radius 3 is 1.75 bits per heavy atom. The Bertz CT molecular complexity index is 2480. The largest absolute Gasteiger partial charge is 0.508 e. The number of nitrogens with two attached hydrogens (primary N) is 1. The van der Waals surface area contributed by atoms with E-state index in [1.807, 2.05) is 29.6 Å². The van der Waals surface area contributed by atoms with Crippen LogP contribution in [0.3, 0.4) is 0 Å². The van der Waals surface area contributed by atoms with E-state index in [2.05, 4.69) is 33.5 Å². The Kier molecular flexibility index (Phi) is 25.7. The summed E-state index contributed by atoms with van der Waals surface area (Å²) in [6, 6.07) is 11.7. The summed E-state index contributed by atoms with van der Waals surface area (Å²) in [5.74, 6) is -9.89. The van der Waals surface area contributed by atoms with Gasteiger partial charge in [0.2, 0.25) is 35.4 Å². The van der Waals surface area contributed by atoms with Gasteiger partial charge in [0.15, 0.2) is 0 Å². The van der Waals surface area contributed by atoms with Crippen LogP contribution in [0, 0.1) is 5.92 Å². The molecule has 0 saturated carbocycles. The lowest BCUT2D eigenvalue weighted by atomic mass is 9.98. The van der Waals surface area contributed by atoms with E-state index in [0.29, 0.717) is 17.5 Å². The summed E-state index contributed by atoms with van der Waals surface area (Å²) < 4.78 is 0. The number of nitrogens with one attached hydrogen (secondary N) is 6. The first-order valence-electron chi connectivity index (χ1n) is 25.1. The number of primary amides is 1. The van der Waals surface area contributed by atoms with Crippen LogP contribution in [0.15, 0.2) is 84.6 Å². The molecule has 0 spiro atoms. The lowest BCUT2D eigenvalue weighted by molar-refractivity contribution is -0.143. The average Bonchev–Trinajstić information content (AvgIpc) is 3.36. The third kappa shape index (κ3) is 20.6. The quantitative estimate of drug-likeness (QED) is 0.0308. The predicted octanol–water partition coefficient (Wildman–Crippen LogP) is 0.469. The topological polar surface area (TPSA) is 356 Å². The molecule has 8 amide bonds. The van der Waals surface area contributed by atoms with Crippen LogP contribution in [0.25, 0.3) is 6.08 Å². The molecular formula is C54H74N8O14. The van der Waals surface area contributed by atoms with Gasteiger partial charge in [-0.05, 0) is 85.9 Å². The van der Waals surface area contributed by atoms with Gasteiger partial charge in [0, 0.05) is 19.9 Å². The van der Waals surface area contributed by atoms with Crippen molar-refractivity contribution in [1.82, 2.24) is 36.8 Å². The van der Waals surface area contributed by atoms with Crippen LogP contribution in [0.4, 0.5) is 0 Å². The molecular weight excluding hydrogens is 985 g/mol. The van der Waals surface area contributed by atoms with Gasteiger partial charge in [0.25, 0.3) is 11.8 Å². The molecule has 0 heterocycles. The number of carboxylic acid groups (broad SMARTS) is 1. The molecule has 0 aliphatic rings. The number of nitrogens with zero attached hydrogens (tertiary/aromatic N) is 1. The van der Waals surface area contributed by atoms with Crippen LogP contribution < -0.4 is 37.6 Å². The number of aliphatic hydroxyl groups excluding tert-OH is 3. The highest BCUT2D eigenvalue weighted by Crippen LogP contribution is 2.19. The van der Waals surface area contributed by atoms with Gasteiger partial charge in [-0.3, -0.25) is 38.4 Å². The fourth-order valence-corrected chi connectivity index (χ4v) is 7.92. The normalized spacial score (nSPS) is 14.5. The minimum atomic E-state index is -1.86. The number of aliphatic carboxylic acids is 1. The number of phenolic OH excluding ortho intramolecular Hbond substituents is 1. The van der Waals surface area contributed by atoms with E-state index in [-0.39, 0.29) is 36.6 Å². The smallest absolute Gasteiger partial charge is 0.328 e. The summed E-state index contributed by atoms with van der Waals surface area (Å²) in [6.45, 7) is 7.01. The SMILES string of the molecule is CCCCCc1ccccc1CCC(=O)N[C@H](C(=O)N(C)/C(=C/c1ccc(O)cc1)C(=O)N[C@@H](CC(C)C)C(=O)N[C@H](Cc1ccccc1)C(=O)N[C@H](C(=O)N[C@@H](CC(N)=O)C(=O)N[C@@H](CO)C(=O)O)[C@H](C)O)[C@@H](C)O. The van der Waals surface area contributed by atoms with Crippen LogP contribution in [0.5, 0.6) is 5.75 Å². The van der Waals surface area contributed by atoms with Gasteiger partial charge >= 0.3 is 5.97 Å². The van der Waals surface area contributed by atoms with Crippen LogP contribution in [0.1, 0.15) is 95.4 Å². The maximum atomic E-state index is 14.6. The lowest BCUT2D eigenvalue weighted by Gasteiger charge is -2.30. The molecule has 0 bridgehead atoms. The molecule has 0 aromatic heterocycles. The molecule has 3 aromatic carbocycles. The Hall–Kier alpha value is -7.69. The Morgan fingerprint density at radius 2 is 1.20 bits per heavy atom. The third-order valence-corrected chi connectivity index (χ3v) is 12.1. The van der Waals surface area contributed by atoms with Gasteiger partial charge in [0.05, 0.1) is 25.2 Å². The van der Waals surface area contributed by atoms with Gasteiger partial charge in [-0.15, -0.1) is 0 Å². The molecule has 0 aliphatic carbocycles. The van der Waals surface area contributed by atoms with Crippen molar-refractivity contribution in [1.29, 1.82) is 0 Å². The fourth-order valence-electron chi connectivity index (χ4n) is 7.92. The summed E-state index contributed by atoms with van der Waals surface area (Å²) in [4.78, 5) is 122. The molecule has 3 aromatic rings. The number of aromatic hydroxyl groups is 1. The van der Waals surface area contributed by atoms with Crippen molar-refractivity contribution < 1.29 is 68.7 Å². The van der Waals surface area contributed by atoms with Crippen molar-refractivity contribution >= 4 is 59.3 Å². The number of carbonyl (C=O) groups is 9. The number of aliphatic hydroxyl groups is 3. The summed E-state index contributed by atoms with van der Waals surface area (Å²) in [7, 11) is 1.25. The highest BCUT2D eigenvalue weighted by atomic mass is 16.4. The molecule has 0 saturated heterocycles. The number of amides is 8. The second kappa shape index (κ2) is 31.3. The molecule has 13 N–H and O–H groups in total. The summed E-state index contributed by atoms with van der Waals surface area (Å²) in [6.07, 6.45) is 1.38. The standard InChI is InChI=1S/C54H74N8O14/c1-7-8-10-17-36-18-13-14-19-37(36)22-25-45(68)60-47(33(5)65)53(74)62(6)43(28-35-20-23-38(66)24-21-35)51(72)57-39(26-31(2)3)48(69)56-40(27-34-15-11-9-12-16-34)50(71)61-46(32(4)64)52(73)58-41(29-44(55)67)49(70)59-42(30-63)54(75)76/h9,11-16,18-21,23-24,28,31-33,39-42,46-47,63-66H,7-8,10,17,22,25-27,29-30H2,1-6H3,(H2,55,67)(H,56,69)(H,57,72)(H,58,73)(H,59,70)(H,60,68)(H,61,71)(H,75,76)/b43-28+/t32-,33+,39-,40+,41-,42-,46-,47-/m0/s1. The zero-order valence-electron chi connectivity index (χ0n) is 43.8. The number of unbranched alkanes of at least 4 members (excludes halogenated alkanes) is 2. The second-order valence-corrected chi connectivity index (χ2v) is 19.0. The maximum absolute atomic E-state index is 14.6. The second-order valence-electron chi connectivity index (χ2n) is 19.0. The number of hydrogen-bond acceptors (Lipinski definition) is 13. The zero-order valence-corrected chi connectivity index (χ0v) is 43.8. The molecule has 22 nitrogen and oxygen atoms in total. The van der Waals surface area contributed by atoms with Crippen LogP contribution in [0.2, 0.25) is 0 Å². The van der Waals surface area contributed by atoms with E-state index in [4.69, 9.17) is 5.73 Å². The molecule has 22 heteroatoms. The number of carboxylic acids is 1. The maximum Gasteiger partial charge on any atom is 0.328 e. The van der Waals surface area contributed by atoms with Gasteiger partial charge in [-0.25, -0.2) is 4.79 Å². The molecule has 0 unspecified atom stereocenters. The molecule has 0 fully saturated rings. The minimum absolute atomic E-state index is 0.0113. The number of carbonyl (C=O) groups excluding carboxylic acids is 8. The molecule has 8 atom stereocenters. The third-order valence-electron chi connectivity index (χ3n) is 12.1. The summed E-state index contributed by atoms with van der Waals surface area (Å²) >= 11 is 0.